The maximum Gasteiger partial charge on any atom is 0.266 e. The van der Waals surface area contributed by atoms with Crippen molar-refractivity contribution in [3.63, 3.8) is 0 Å². The van der Waals surface area contributed by atoms with Crippen LogP contribution in [-0.2, 0) is 6.61 Å². The molecule has 3 N–H and O–H groups in total. The van der Waals surface area contributed by atoms with Crippen LogP contribution in [0.1, 0.15) is 17.6 Å². The van der Waals surface area contributed by atoms with Gasteiger partial charge in [-0.2, -0.15) is 0 Å². The zero-order valence-corrected chi connectivity index (χ0v) is 8.62. The van der Waals surface area contributed by atoms with E-state index in [0.29, 0.717) is 3.70 Å². The number of aromatic nitrogens is 1. The molecule has 0 saturated heterocycles. The number of halogens is 3. The van der Waals surface area contributed by atoms with E-state index in [4.69, 9.17) is 10.8 Å². The Bertz CT molecular complexity index is 320. The molecule has 0 radical (unpaired) electrons. The van der Waals surface area contributed by atoms with Gasteiger partial charge in [0.25, 0.3) is 6.43 Å². The summed E-state index contributed by atoms with van der Waals surface area (Å²) in [6.45, 7) is -0.476. The third kappa shape index (κ3) is 2.05. The zero-order chi connectivity index (χ0) is 10.0. The molecule has 0 atom stereocenters. The summed E-state index contributed by atoms with van der Waals surface area (Å²) in [6, 6.07) is 0. The van der Waals surface area contributed by atoms with E-state index < -0.39 is 13.0 Å². The molecule has 3 nitrogen and oxygen atoms in total. The largest absolute Gasteiger partial charge is 0.397 e. The highest BCUT2D eigenvalue weighted by molar-refractivity contribution is 14.1. The van der Waals surface area contributed by atoms with Crippen molar-refractivity contribution in [3.05, 3.63) is 21.0 Å². The fourth-order valence-electron chi connectivity index (χ4n) is 0.967. The fraction of sp³-hybridized carbons (Fsp3) is 0.286. The number of nitrogen functional groups attached to an aromatic ring is 1. The standard InChI is InChI=1S/C7H7F2IN2O/c8-6(9)5-3(2-13)7(10)12-1-4(5)11/h1,6,13H,2,11H2. The van der Waals surface area contributed by atoms with E-state index in [0.717, 1.165) is 0 Å². The summed E-state index contributed by atoms with van der Waals surface area (Å²) in [5.41, 5.74) is 5.02. The van der Waals surface area contributed by atoms with Crippen LogP contribution in [-0.4, -0.2) is 10.1 Å². The van der Waals surface area contributed by atoms with Crippen LogP contribution in [0.5, 0.6) is 0 Å². The number of aliphatic hydroxyl groups excluding tert-OH is 1. The topological polar surface area (TPSA) is 59.1 Å². The highest BCUT2D eigenvalue weighted by atomic mass is 127. The third-order valence-corrected chi connectivity index (χ3v) is 2.51. The van der Waals surface area contributed by atoms with Gasteiger partial charge in [0.1, 0.15) is 3.70 Å². The van der Waals surface area contributed by atoms with Gasteiger partial charge in [0.15, 0.2) is 0 Å². The molecule has 0 unspecified atom stereocenters. The van der Waals surface area contributed by atoms with Crippen molar-refractivity contribution in [3.8, 4) is 0 Å². The Morgan fingerprint density at radius 2 is 2.23 bits per heavy atom. The molecule has 1 heterocycles. The predicted octanol–water partition coefficient (Wildman–Crippen LogP) is 1.70. The monoisotopic (exact) mass is 300 g/mol. The number of hydrogen-bond donors (Lipinski definition) is 2. The van der Waals surface area contributed by atoms with Gasteiger partial charge >= 0.3 is 0 Å². The van der Waals surface area contributed by atoms with Crippen molar-refractivity contribution in [2.75, 3.05) is 5.73 Å². The average Bonchev–Trinajstić information content (AvgIpc) is 2.07. The Morgan fingerprint density at radius 3 is 2.62 bits per heavy atom. The van der Waals surface area contributed by atoms with E-state index >= 15 is 0 Å². The summed E-state index contributed by atoms with van der Waals surface area (Å²) >= 11 is 1.78. The van der Waals surface area contributed by atoms with E-state index in [1.807, 2.05) is 0 Å². The van der Waals surface area contributed by atoms with Gasteiger partial charge in [-0.1, -0.05) is 0 Å². The first-order chi connectivity index (χ1) is 6.07. The van der Waals surface area contributed by atoms with Crippen LogP contribution in [0, 0.1) is 3.70 Å². The van der Waals surface area contributed by atoms with Gasteiger partial charge in [-0.15, -0.1) is 0 Å². The van der Waals surface area contributed by atoms with Gasteiger partial charge in [0, 0.05) is 5.56 Å². The summed E-state index contributed by atoms with van der Waals surface area (Å²) in [5.74, 6) is 0. The molecule has 0 aromatic carbocycles. The Morgan fingerprint density at radius 1 is 1.62 bits per heavy atom. The second-order valence-corrected chi connectivity index (χ2v) is 3.38. The van der Waals surface area contributed by atoms with Crippen LogP contribution >= 0.6 is 22.6 Å². The molecule has 0 aliphatic rings. The van der Waals surface area contributed by atoms with E-state index in [1.54, 1.807) is 22.6 Å². The second kappa shape index (κ2) is 4.14. The van der Waals surface area contributed by atoms with Crippen LogP contribution < -0.4 is 5.73 Å². The number of rotatable bonds is 2. The van der Waals surface area contributed by atoms with Crippen LogP contribution in [0.3, 0.4) is 0 Å². The molecule has 0 aliphatic heterocycles. The van der Waals surface area contributed by atoms with Gasteiger partial charge in [-0.3, -0.25) is 0 Å². The molecule has 0 saturated carbocycles. The number of hydrogen-bond acceptors (Lipinski definition) is 3. The minimum Gasteiger partial charge on any atom is -0.397 e. The lowest BCUT2D eigenvalue weighted by molar-refractivity contribution is 0.147. The van der Waals surface area contributed by atoms with Crippen molar-refractivity contribution in [2.24, 2.45) is 0 Å². The lowest BCUT2D eigenvalue weighted by Crippen LogP contribution is -2.05. The van der Waals surface area contributed by atoms with Gasteiger partial charge in [0.05, 0.1) is 24.1 Å². The Hall–Kier alpha value is -0.500. The SMILES string of the molecule is Nc1cnc(I)c(CO)c1C(F)F. The van der Waals surface area contributed by atoms with E-state index in [2.05, 4.69) is 4.98 Å². The lowest BCUT2D eigenvalue weighted by Gasteiger charge is -2.10. The first kappa shape index (κ1) is 10.6. The Kier molecular flexibility index (Phi) is 3.37. The van der Waals surface area contributed by atoms with Gasteiger partial charge in [-0.25, -0.2) is 13.8 Å². The van der Waals surface area contributed by atoms with Gasteiger partial charge in [-0.05, 0) is 22.6 Å². The number of nitrogens with two attached hydrogens (primary N) is 1. The van der Waals surface area contributed by atoms with Gasteiger partial charge in [0.2, 0.25) is 0 Å². The summed E-state index contributed by atoms with van der Waals surface area (Å²) in [7, 11) is 0. The molecular weight excluding hydrogens is 293 g/mol. The maximum atomic E-state index is 12.4. The minimum atomic E-state index is -2.68. The van der Waals surface area contributed by atoms with E-state index in [-0.39, 0.29) is 16.8 Å². The van der Waals surface area contributed by atoms with Crippen LogP contribution in [0.15, 0.2) is 6.20 Å². The highest BCUT2D eigenvalue weighted by Gasteiger charge is 2.18. The summed E-state index contributed by atoms with van der Waals surface area (Å²) in [5, 5.41) is 8.84. The first-order valence-corrected chi connectivity index (χ1v) is 4.47. The number of aliphatic hydroxyl groups is 1. The van der Waals surface area contributed by atoms with Crippen LogP contribution in [0.2, 0.25) is 0 Å². The molecule has 72 valence electrons. The second-order valence-electron chi connectivity index (χ2n) is 2.36. The smallest absolute Gasteiger partial charge is 0.266 e. The zero-order valence-electron chi connectivity index (χ0n) is 6.47. The average molecular weight is 300 g/mol. The highest BCUT2D eigenvalue weighted by Crippen LogP contribution is 2.30. The molecule has 0 bridgehead atoms. The number of pyridine rings is 1. The molecule has 0 amide bonds. The fourth-order valence-corrected chi connectivity index (χ4v) is 1.57. The summed E-state index contributed by atoms with van der Waals surface area (Å²) in [4.78, 5) is 3.76. The van der Waals surface area contributed by atoms with Crippen molar-refractivity contribution in [2.45, 2.75) is 13.0 Å². The van der Waals surface area contributed by atoms with Crippen molar-refractivity contribution < 1.29 is 13.9 Å². The van der Waals surface area contributed by atoms with Crippen molar-refractivity contribution in [1.82, 2.24) is 4.98 Å². The van der Waals surface area contributed by atoms with Crippen LogP contribution in [0.4, 0.5) is 14.5 Å². The molecule has 1 aromatic heterocycles. The Balaban J connectivity index is 3.35. The summed E-state index contributed by atoms with van der Waals surface area (Å²) in [6.07, 6.45) is -1.51. The van der Waals surface area contributed by atoms with Gasteiger partial charge < -0.3 is 10.8 Å². The van der Waals surface area contributed by atoms with E-state index in [9.17, 15) is 8.78 Å². The molecule has 0 spiro atoms. The number of anilines is 1. The Labute approximate surface area is 87.1 Å². The van der Waals surface area contributed by atoms with Crippen molar-refractivity contribution >= 4 is 28.3 Å². The molecule has 6 heteroatoms. The molecule has 0 aliphatic carbocycles. The normalized spacial score (nSPS) is 10.8. The number of nitrogens with zero attached hydrogens (tertiary/aromatic N) is 1. The van der Waals surface area contributed by atoms with Crippen molar-refractivity contribution in [1.29, 1.82) is 0 Å². The minimum absolute atomic E-state index is 0.0838. The number of alkyl halides is 2. The molecule has 0 fully saturated rings. The first-order valence-electron chi connectivity index (χ1n) is 3.39. The summed E-state index contributed by atoms with van der Waals surface area (Å²) < 4.78 is 25.2. The molecular formula is C7H7F2IN2O. The maximum absolute atomic E-state index is 12.4. The molecule has 1 rings (SSSR count). The molecule has 13 heavy (non-hydrogen) atoms. The lowest BCUT2D eigenvalue weighted by atomic mass is 10.1. The quantitative estimate of drug-likeness (QED) is 0.645. The molecule has 1 aromatic rings. The predicted molar refractivity (Wildman–Crippen MR) is 52.2 cm³/mol. The van der Waals surface area contributed by atoms with Crippen LogP contribution in [0.25, 0.3) is 0 Å². The van der Waals surface area contributed by atoms with E-state index in [1.165, 1.54) is 6.20 Å². The third-order valence-electron chi connectivity index (χ3n) is 1.58.